The Kier molecular flexibility index (Phi) is 8.93. The average molecular weight is 499 g/mol. The summed E-state index contributed by atoms with van der Waals surface area (Å²) in [7, 11) is 0. The van der Waals surface area contributed by atoms with E-state index in [1.807, 2.05) is 42.5 Å². The molecule has 0 saturated carbocycles. The number of fused-ring (bicyclic) bond motifs is 7. The van der Waals surface area contributed by atoms with Crippen LogP contribution in [0.5, 0.6) is 5.75 Å². The molecule has 3 heterocycles. The summed E-state index contributed by atoms with van der Waals surface area (Å²) in [5, 5.41) is 3.35. The first-order valence-electron chi connectivity index (χ1n) is 13.0. The van der Waals surface area contributed by atoms with Crippen LogP contribution in [0.4, 0.5) is 11.6 Å². The molecule has 0 spiro atoms. The van der Waals surface area contributed by atoms with Crippen molar-refractivity contribution < 1.29 is 14.2 Å². The molecule has 0 amide bonds. The monoisotopic (exact) mass is 498 g/mol. The van der Waals surface area contributed by atoms with Gasteiger partial charge in [0.15, 0.2) is 0 Å². The van der Waals surface area contributed by atoms with Gasteiger partial charge in [0.1, 0.15) is 12.4 Å². The lowest BCUT2D eigenvalue weighted by Gasteiger charge is -2.13. The summed E-state index contributed by atoms with van der Waals surface area (Å²) in [5.74, 6) is 1.30. The van der Waals surface area contributed by atoms with Crippen molar-refractivity contribution >= 4 is 11.6 Å². The number of ether oxygens (including phenoxy) is 3. The van der Waals surface area contributed by atoms with Crippen LogP contribution in [0, 0.1) is 0 Å². The number of likely N-dealkylation sites (tertiary alicyclic amines) is 1. The predicted molar refractivity (Wildman–Crippen MR) is 146 cm³/mol. The molecule has 1 aromatic heterocycles. The van der Waals surface area contributed by atoms with Crippen LogP contribution in [-0.4, -0.2) is 54.3 Å². The number of hydrogen-bond acceptors (Lipinski definition) is 7. The molecule has 37 heavy (non-hydrogen) atoms. The SMILES string of the molecule is C1=C/COCc2cccc(c2)-c2ccnc(n2)Nc2cc(cc(OC/C=C/CN3CCCC3)c2)COC/1. The maximum Gasteiger partial charge on any atom is 0.227 e. The lowest BCUT2D eigenvalue weighted by molar-refractivity contribution is 0.140. The molecule has 1 N–H and O–H groups in total. The van der Waals surface area contributed by atoms with Gasteiger partial charge in [0.25, 0.3) is 0 Å². The molecule has 2 aliphatic rings. The van der Waals surface area contributed by atoms with Crippen LogP contribution >= 0.6 is 0 Å². The fourth-order valence-electron chi connectivity index (χ4n) is 4.46. The van der Waals surface area contributed by atoms with E-state index < -0.39 is 0 Å². The minimum absolute atomic E-state index is 0.466. The van der Waals surface area contributed by atoms with Crippen LogP contribution in [0.1, 0.15) is 24.0 Å². The zero-order chi connectivity index (χ0) is 25.1. The van der Waals surface area contributed by atoms with Crippen molar-refractivity contribution in [3.8, 4) is 17.0 Å². The van der Waals surface area contributed by atoms with Gasteiger partial charge in [-0.25, -0.2) is 9.97 Å². The Hall–Kier alpha value is -3.52. The zero-order valence-corrected chi connectivity index (χ0v) is 21.1. The second kappa shape index (κ2) is 13.1. The molecule has 7 nitrogen and oxygen atoms in total. The van der Waals surface area contributed by atoms with Crippen LogP contribution in [0.2, 0.25) is 0 Å². The number of benzene rings is 2. The van der Waals surface area contributed by atoms with Crippen molar-refractivity contribution in [1.82, 2.24) is 14.9 Å². The molecule has 0 aliphatic carbocycles. The van der Waals surface area contributed by atoms with Crippen LogP contribution < -0.4 is 10.1 Å². The highest BCUT2D eigenvalue weighted by Crippen LogP contribution is 2.25. The van der Waals surface area contributed by atoms with E-state index in [1.165, 1.54) is 25.9 Å². The van der Waals surface area contributed by atoms with Gasteiger partial charge in [-0.3, -0.25) is 4.90 Å². The van der Waals surface area contributed by atoms with E-state index in [0.717, 1.165) is 40.4 Å². The molecule has 0 unspecified atom stereocenters. The average Bonchev–Trinajstić information content (AvgIpc) is 3.43. The van der Waals surface area contributed by atoms with Gasteiger partial charge in [-0.1, -0.05) is 42.5 Å². The first-order valence-corrected chi connectivity index (χ1v) is 13.0. The summed E-state index contributed by atoms with van der Waals surface area (Å²) < 4.78 is 17.7. The third kappa shape index (κ3) is 7.73. The minimum atomic E-state index is 0.466. The quantitative estimate of drug-likeness (QED) is 0.465. The van der Waals surface area contributed by atoms with Gasteiger partial charge in [-0.15, -0.1) is 0 Å². The summed E-state index contributed by atoms with van der Waals surface area (Å²) in [6.45, 7) is 5.94. The fourth-order valence-corrected chi connectivity index (χ4v) is 4.46. The molecule has 1 saturated heterocycles. The molecule has 192 valence electrons. The Morgan fingerprint density at radius 2 is 1.76 bits per heavy atom. The summed E-state index contributed by atoms with van der Waals surface area (Å²) in [6, 6.07) is 16.2. The second-order valence-corrected chi connectivity index (χ2v) is 9.25. The normalized spacial score (nSPS) is 17.6. The molecule has 6 bridgehead atoms. The van der Waals surface area contributed by atoms with E-state index in [2.05, 4.69) is 45.6 Å². The maximum atomic E-state index is 6.08. The van der Waals surface area contributed by atoms with Crippen molar-refractivity contribution in [3.05, 3.63) is 90.2 Å². The van der Waals surface area contributed by atoms with E-state index in [1.54, 1.807) is 6.20 Å². The molecule has 0 atom stereocenters. The Bertz CT molecular complexity index is 1220. The molecule has 5 rings (SSSR count). The first-order chi connectivity index (χ1) is 18.3. The van der Waals surface area contributed by atoms with Crippen molar-refractivity contribution in [1.29, 1.82) is 0 Å². The zero-order valence-electron chi connectivity index (χ0n) is 21.1. The highest BCUT2D eigenvalue weighted by Gasteiger charge is 2.09. The first kappa shape index (κ1) is 25.1. The van der Waals surface area contributed by atoms with E-state index >= 15 is 0 Å². The Morgan fingerprint density at radius 1 is 0.919 bits per heavy atom. The Labute approximate surface area is 218 Å². The van der Waals surface area contributed by atoms with Crippen LogP contribution in [-0.2, 0) is 22.7 Å². The summed E-state index contributed by atoms with van der Waals surface area (Å²) >= 11 is 0. The number of rotatable bonds is 5. The second-order valence-electron chi connectivity index (χ2n) is 9.25. The van der Waals surface area contributed by atoms with Crippen LogP contribution in [0.3, 0.4) is 0 Å². The standard InChI is InChI=1S/C30H34N4O3/c1-2-13-34(12-1)14-3-4-17-37-28-20-25-19-27(21-28)32-30-31-11-10-29(33-30)26-9-7-8-24(18-26)22-35-15-5-6-16-36-23-25/h3-11,18-21H,1-2,12-17,22-23H2,(H,31,32,33)/b4-3+,6-5+. The highest BCUT2D eigenvalue weighted by atomic mass is 16.5. The van der Waals surface area contributed by atoms with Gasteiger partial charge >= 0.3 is 0 Å². The van der Waals surface area contributed by atoms with Gasteiger partial charge in [-0.05, 0) is 61.3 Å². The van der Waals surface area contributed by atoms with Crippen molar-refractivity contribution in [2.75, 3.05) is 44.8 Å². The third-order valence-electron chi connectivity index (χ3n) is 6.31. The van der Waals surface area contributed by atoms with Crippen LogP contribution in [0.15, 0.2) is 79.0 Å². The van der Waals surface area contributed by atoms with Crippen molar-refractivity contribution in [2.45, 2.75) is 26.1 Å². The van der Waals surface area contributed by atoms with Gasteiger partial charge < -0.3 is 19.5 Å². The summed E-state index contributed by atoms with van der Waals surface area (Å²) in [5.41, 5.74) is 4.83. The van der Waals surface area contributed by atoms with E-state index in [4.69, 9.17) is 19.2 Å². The number of anilines is 2. The molecule has 0 radical (unpaired) electrons. The highest BCUT2D eigenvalue weighted by molar-refractivity contribution is 5.63. The molecule has 1 fully saturated rings. The van der Waals surface area contributed by atoms with Gasteiger partial charge in [0.2, 0.25) is 5.95 Å². The molecule has 2 aliphatic heterocycles. The van der Waals surface area contributed by atoms with E-state index in [9.17, 15) is 0 Å². The summed E-state index contributed by atoms with van der Waals surface area (Å²) in [6.07, 6.45) is 12.6. The number of nitrogens with zero attached hydrogens (tertiary/aromatic N) is 3. The van der Waals surface area contributed by atoms with Gasteiger partial charge in [0, 0.05) is 30.1 Å². The lowest BCUT2D eigenvalue weighted by atomic mass is 10.1. The number of aromatic nitrogens is 2. The lowest BCUT2D eigenvalue weighted by Crippen LogP contribution is -2.18. The van der Waals surface area contributed by atoms with Crippen LogP contribution in [0.25, 0.3) is 11.3 Å². The van der Waals surface area contributed by atoms with Gasteiger partial charge in [-0.2, -0.15) is 0 Å². The predicted octanol–water partition coefficient (Wildman–Crippen LogP) is 5.52. The molecular formula is C30H34N4O3. The fraction of sp³-hybridized carbons (Fsp3) is 0.333. The summed E-state index contributed by atoms with van der Waals surface area (Å²) in [4.78, 5) is 11.7. The van der Waals surface area contributed by atoms with Crippen molar-refractivity contribution in [3.63, 3.8) is 0 Å². The van der Waals surface area contributed by atoms with E-state index in [0.29, 0.717) is 39.0 Å². The molecule has 2 aromatic carbocycles. The Morgan fingerprint density at radius 3 is 2.62 bits per heavy atom. The maximum absolute atomic E-state index is 6.08. The van der Waals surface area contributed by atoms with Crippen molar-refractivity contribution in [2.24, 2.45) is 0 Å². The van der Waals surface area contributed by atoms with Gasteiger partial charge in [0.05, 0.1) is 32.1 Å². The molecule has 3 aromatic rings. The number of nitrogens with one attached hydrogen (secondary N) is 1. The number of hydrogen-bond donors (Lipinski definition) is 1. The van der Waals surface area contributed by atoms with E-state index in [-0.39, 0.29) is 0 Å². The minimum Gasteiger partial charge on any atom is -0.489 e. The topological polar surface area (TPSA) is 68.7 Å². The molecular weight excluding hydrogens is 464 g/mol. The Balaban J connectivity index is 1.34. The molecule has 7 heteroatoms. The third-order valence-corrected chi connectivity index (χ3v) is 6.31. The largest absolute Gasteiger partial charge is 0.489 e. The smallest absolute Gasteiger partial charge is 0.227 e.